The van der Waals surface area contributed by atoms with Gasteiger partial charge in [0.2, 0.25) is 0 Å². The summed E-state index contributed by atoms with van der Waals surface area (Å²) >= 11 is 0. The Morgan fingerprint density at radius 3 is 2.83 bits per heavy atom. The summed E-state index contributed by atoms with van der Waals surface area (Å²) in [7, 11) is 1.47. The average molecular weight is 241 g/mol. The van der Waals surface area contributed by atoms with Gasteiger partial charge in [-0.05, 0) is 6.07 Å². The highest BCUT2D eigenvalue weighted by Crippen LogP contribution is 2.23. The Morgan fingerprint density at radius 2 is 2.22 bits per heavy atom. The maximum Gasteiger partial charge on any atom is 0.271 e. The molecule has 0 saturated carbocycles. The Kier molecular flexibility index (Phi) is 3.02. The number of amides is 1. The number of aliphatic hydroxyl groups excluding tert-OH is 1. The molecular weight excluding hydrogens is 230 g/mol. The van der Waals surface area contributed by atoms with E-state index in [0.29, 0.717) is 11.1 Å². The fraction of sp³-hybridized carbons (Fsp3) is 0.0769. The van der Waals surface area contributed by atoms with Gasteiger partial charge in [0, 0.05) is 18.6 Å². The Hall–Kier alpha value is -2.74. The SMILES string of the molecule is CNC(=O)/C(=C/O)n1cc(C#N)c2ccccc21. The van der Waals surface area contributed by atoms with Crippen LogP contribution in [0.2, 0.25) is 0 Å². The quantitative estimate of drug-likeness (QED) is 0.619. The van der Waals surface area contributed by atoms with Crippen LogP contribution in [-0.4, -0.2) is 22.6 Å². The van der Waals surface area contributed by atoms with Gasteiger partial charge in [0.15, 0.2) is 0 Å². The molecule has 5 nitrogen and oxygen atoms in total. The standard InChI is InChI=1S/C13H11N3O2/c1-15-13(18)12(8-17)16-7-9(6-14)10-4-2-3-5-11(10)16/h2-5,7-8,17H,1H3,(H,15,18)/b12-8-. The zero-order valence-electron chi connectivity index (χ0n) is 9.71. The van der Waals surface area contributed by atoms with Crippen molar-refractivity contribution in [2.45, 2.75) is 0 Å². The van der Waals surface area contributed by atoms with Crippen molar-refractivity contribution >= 4 is 22.5 Å². The Labute approximate surface area is 104 Å². The first-order chi connectivity index (χ1) is 8.72. The first-order valence-electron chi connectivity index (χ1n) is 5.30. The highest BCUT2D eigenvalue weighted by molar-refractivity contribution is 6.15. The number of nitrogens with zero attached hydrogens (tertiary/aromatic N) is 2. The first kappa shape index (κ1) is 11.7. The monoisotopic (exact) mass is 241 g/mol. The number of aliphatic hydroxyl groups is 1. The van der Waals surface area contributed by atoms with Gasteiger partial charge in [-0.25, -0.2) is 0 Å². The van der Waals surface area contributed by atoms with Gasteiger partial charge < -0.3 is 15.0 Å². The molecule has 0 radical (unpaired) electrons. The van der Waals surface area contributed by atoms with Crippen LogP contribution in [0.5, 0.6) is 0 Å². The van der Waals surface area contributed by atoms with Gasteiger partial charge >= 0.3 is 0 Å². The number of aromatic nitrogens is 1. The Morgan fingerprint density at radius 1 is 1.50 bits per heavy atom. The van der Waals surface area contributed by atoms with E-state index < -0.39 is 5.91 Å². The molecule has 90 valence electrons. The third-order valence-corrected chi connectivity index (χ3v) is 2.67. The largest absolute Gasteiger partial charge is 0.513 e. The maximum atomic E-state index is 11.6. The van der Waals surface area contributed by atoms with Crippen molar-refractivity contribution in [3.63, 3.8) is 0 Å². The minimum atomic E-state index is -0.428. The minimum Gasteiger partial charge on any atom is -0.513 e. The van der Waals surface area contributed by atoms with Crippen LogP contribution >= 0.6 is 0 Å². The number of nitrogens with one attached hydrogen (secondary N) is 1. The second-order valence-corrected chi connectivity index (χ2v) is 3.64. The van der Waals surface area contributed by atoms with E-state index in [1.54, 1.807) is 18.2 Å². The van der Waals surface area contributed by atoms with E-state index in [9.17, 15) is 9.90 Å². The second kappa shape index (κ2) is 4.63. The molecule has 0 spiro atoms. The smallest absolute Gasteiger partial charge is 0.271 e. The molecule has 0 aliphatic rings. The third kappa shape index (κ3) is 1.70. The number of benzene rings is 1. The van der Waals surface area contributed by atoms with E-state index in [2.05, 4.69) is 11.4 Å². The van der Waals surface area contributed by atoms with Crippen LogP contribution < -0.4 is 5.32 Å². The topological polar surface area (TPSA) is 78.0 Å². The van der Waals surface area contributed by atoms with E-state index in [1.165, 1.54) is 17.8 Å². The van der Waals surface area contributed by atoms with E-state index in [0.717, 1.165) is 11.6 Å². The number of carbonyl (C=O) groups excluding carboxylic acids is 1. The molecule has 1 amide bonds. The Bertz CT molecular complexity index is 677. The maximum absolute atomic E-state index is 11.6. The molecule has 2 N–H and O–H groups in total. The van der Waals surface area contributed by atoms with Gasteiger partial charge in [-0.3, -0.25) is 4.79 Å². The molecule has 0 saturated heterocycles. The van der Waals surface area contributed by atoms with Crippen molar-refractivity contribution in [3.8, 4) is 6.07 Å². The minimum absolute atomic E-state index is 0.0650. The van der Waals surface area contributed by atoms with Gasteiger partial charge in [-0.2, -0.15) is 5.26 Å². The molecular formula is C13H11N3O2. The highest BCUT2D eigenvalue weighted by Gasteiger charge is 2.15. The molecule has 2 aromatic rings. The lowest BCUT2D eigenvalue weighted by Gasteiger charge is -2.07. The lowest BCUT2D eigenvalue weighted by Crippen LogP contribution is -2.22. The number of fused-ring (bicyclic) bond motifs is 1. The predicted octanol–water partition coefficient (Wildman–Crippen LogP) is 1.62. The summed E-state index contributed by atoms with van der Waals surface area (Å²) in [4.78, 5) is 11.6. The normalized spacial score (nSPS) is 11.2. The average Bonchev–Trinajstić information content (AvgIpc) is 2.78. The summed E-state index contributed by atoms with van der Waals surface area (Å²) in [6.07, 6.45) is 2.26. The van der Waals surface area contributed by atoms with Gasteiger partial charge in [0.25, 0.3) is 5.91 Å². The van der Waals surface area contributed by atoms with Crippen molar-refractivity contribution in [1.29, 1.82) is 5.26 Å². The van der Waals surface area contributed by atoms with Crippen molar-refractivity contribution in [1.82, 2.24) is 9.88 Å². The highest BCUT2D eigenvalue weighted by atomic mass is 16.2. The number of para-hydroxylation sites is 1. The van der Waals surface area contributed by atoms with Crippen LogP contribution in [0.25, 0.3) is 16.6 Å². The summed E-state index contributed by atoms with van der Waals surface area (Å²) in [5.41, 5.74) is 1.21. The van der Waals surface area contributed by atoms with E-state index in [4.69, 9.17) is 5.26 Å². The van der Waals surface area contributed by atoms with Gasteiger partial charge in [-0.15, -0.1) is 0 Å². The van der Waals surface area contributed by atoms with Crippen LogP contribution in [0.3, 0.4) is 0 Å². The van der Waals surface area contributed by atoms with Crippen LogP contribution in [0.4, 0.5) is 0 Å². The number of rotatable bonds is 2. The zero-order valence-corrected chi connectivity index (χ0v) is 9.71. The van der Waals surface area contributed by atoms with Gasteiger partial charge in [0.05, 0.1) is 11.1 Å². The summed E-state index contributed by atoms with van der Waals surface area (Å²) in [5, 5.41) is 21.4. The fourth-order valence-corrected chi connectivity index (χ4v) is 1.83. The predicted molar refractivity (Wildman–Crippen MR) is 67.6 cm³/mol. The van der Waals surface area contributed by atoms with E-state index >= 15 is 0 Å². The molecule has 5 heteroatoms. The summed E-state index contributed by atoms with van der Waals surface area (Å²) < 4.78 is 1.49. The number of likely N-dealkylation sites (N-methyl/N-ethyl adjacent to an activating group) is 1. The first-order valence-corrected chi connectivity index (χ1v) is 5.30. The van der Waals surface area contributed by atoms with Crippen LogP contribution in [0.1, 0.15) is 5.56 Å². The van der Waals surface area contributed by atoms with Crippen LogP contribution in [-0.2, 0) is 4.79 Å². The van der Waals surface area contributed by atoms with Crippen molar-refractivity contribution in [2.75, 3.05) is 7.05 Å². The number of carbonyl (C=O) groups is 1. The van der Waals surface area contributed by atoms with Gasteiger partial charge in [-0.1, -0.05) is 18.2 Å². The fourth-order valence-electron chi connectivity index (χ4n) is 1.83. The zero-order chi connectivity index (χ0) is 13.1. The number of hydrogen-bond donors (Lipinski definition) is 2. The molecule has 1 heterocycles. The summed E-state index contributed by atoms with van der Waals surface area (Å²) in [6.45, 7) is 0. The molecule has 0 bridgehead atoms. The summed E-state index contributed by atoms with van der Waals surface area (Å²) in [5.74, 6) is -0.428. The molecule has 0 aliphatic heterocycles. The molecule has 1 aromatic heterocycles. The molecule has 0 fully saturated rings. The van der Waals surface area contributed by atoms with Crippen molar-refractivity contribution in [3.05, 3.63) is 42.3 Å². The third-order valence-electron chi connectivity index (χ3n) is 2.67. The lowest BCUT2D eigenvalue weighted by atomic mass is 10.2. The molecule has 1 aromatic carbocycles. The number of hydrogen-bond acceptors (Lipinski definition) is 3. The molecule has 0 atom stereocenters. The van der Waals surface area contributed by atoms with E-state index in [-0.39, 0.29) is 5.70 Å². The molecule has 0 unspecified atom stereocenters. The number of nitriles is 1. The molecule has 0 aliphatic carbocycles. The Balaban J connectivity index is 2.73. The second-order valence-electron chi connectivity index (χ2n) is 3.64. The molecule has 2 rings (SSSR count). The van der Waals surface area contributed by atoms with Crippen LogP contribution in [0.15, 0.2) is 36.7 Å². The van der Waals surface area contributed by atoms with Gasteiger partial charge in [0.1, 0.15) is 18.0 Å². The van der Waals surface area contributed by atoms with E-state index in [1.807, 2.05) is 6.07 Å². The van der Waals surface area contributed by atoms with Crippen molar-refractivity contribution < 1.29 is 9.90 Å². The van der Waals surface area contributed by atoms with Crippen LogP contribution in [0, 0.1) is 11.3 Å². The summed E-state index contributed by atoms with van der Waals surface area (Å²) in [6, 6.07) is 9.26. The van der Waals surface area contributed by atoms with Crippen molar-refractivity contribution in [2.24, 2.45) is 0 Å². The molecule has 18 heavy (non-hydrogen) atoms. The lowest BCUT2D eigenvalue weighted by molar-refractivity contribution is -0.115.